The molecule has 2 atom stereocenters. The summed E-state index contributed by atoms with van der Waals surface area (Å²) in [7, 11) is 1.63. The summed E-state index contributed by atoms with van der Waals surface area (Å²) in [5, 5.41) is 0. The van der Waals surface area contributed by atoms with Gasteiger partial charge in [0.2, 0.25) is 0 Å². The van der Waals surface area contributed by atoms with Gasteiger partial charge in [-0.2, -0.15) is 0 Å². The van der Waals surface area contributed by atoms with Crippen molar-refractivity contribution in [2.75, 3.05) is 12.0 Å². The molecule has 0 unspecified atom stereocenters. The lowest BCUT2D eigenvalue weighted by atomic mass is 9.91. The highest BCUT2D eigenvalue weighted by Crippen LogP contribution is 2.56. The Bertz CT molecular complexity index is 949. The molecule has 142 valence electrons. The van der Waals surface area contributed by atoms with E-state index in [4.69, 9.17) is 16.3 Å². The van der Waals surface area contributed by atoms with Gasteiger partial charge in [0.15, 0.2) is 4.21 Å². The molecule has 1 aliphatic rings. The minimum Gasteiger partial charge on any atom is -0.497 e. The van der Waals surface area contributed by atoms with E-state index < -0.39 is 4.21 Å². The summed E-state index contributed by atoms with van der Waals surface area (Å²) in [6, 6.07) is 27.3. The SMILES string of the molecule is COc1ccc(N2C(=O)[C@@](Cl)(SCc3ccccc3)[C@H]2c2ccccc2)cc1. The van der Waals surface area contributed by atoms with Crippen LogP contribution in [0.1, 0.15) is 17.2 Å². The highest BCUT2D eigenvalue weighted by molar-refractivity contribution is 8.02. The van der Waals surface area contributed by atoms with Crippen LogP contribution in [0.25, 0.3) is 0 Å². The third-order valence-corrected chi connectivity index (χ3v) is 6.87. The number of amides is 1. The van der Waals surface area contributed by atoms with Crippen LogP contribution >= 0.6 is 23.4 Å². The Morgan fingerprint density at radius 2 is 1.57 bits per heavy atom. The maximum absolute atomic E-state index is 13.2. The molecule has 1 aliphatic heterocycles. The molecule has 0 bridgehead atoms. The summed E-state index contributed by atoms with van der Waals surface area (Å²) in [4.78, 5) is 15.0. The van der Waals surface area contributed by atoms with Gasteiger partial charge in [0.1, 0.15) is 5.75 Å². The number of hydrogen-bond acceptors (Lipinski definition) is 3. The second-order valence-electron chi connectivity index (χ2n) is 6.61. The van der Waals surface area contributed by atoms with Crippen LogP contribution in [0.2, 0.25) is 0 Å². The minimum absolute atomic E-state index is 0.0888. The Morgan fingerprint density at radius 3 is 2.18 bits per heavy atom. The van der Waals surface area contributed by atoms with E-state index in [2.05, 4.69) is 12.1 Å². The molecule has 1 amide bonds. The van der Waals surface area contributed by atoms with Crippen molar-refractivity contribution in [2.24, 2.45) is 0 Å². The number of benzene rings is 3. The second kappa shape index (κ2) is 7.90. The van der Waals surface area contributed by atoms with Gasteiger partial charge in [0.05, 0.1) is 13.2 Å². The average molecular weight is 410 g/mol. The van der Waals surface area contributed by atoms with Crippen LogP contribution in [0.5, 0.6) is 5.75 Å². The molecule has 3 aromatic carbocycles. The zero-order valence-electron chi connectivity index (χ0n) is 15.4. The van der Waals surface area contributed by atoms with Crippen LogP contribution < -0.4 is 9.64 Å². The monoisotopic (exact) mass is 409 g/mol. The van der Waals surface area contributed by atoms with Crippen LogP contribution in [-0.4, -0.2) is 17.2 Å². The van der Waals surface area contributed by atoms with Gasteiger partial charge in [-0.1, -0.05) is 72.3 Å². The Morgan fingerprint density at radius 1 is 0.964 bits per heavy atom. The fraction of sp³-hybridized carbons (Fsp3) is 0.174. The third-order valence-electron chi connectivity index (χ3n) is 4.88. The van der Waals surface area contributed by atoms with Crippen molar-refractivity contribution < 1.29 is 9.53 Å². The molecule has 5 heteroatoms. The number of rotatable bonds is 6. The Labute approximate surface area is 174 Å². The van der Waals surface area contributed by atoms with Crippen molar-refractivity contribution in [3.63, 3.8) is 0 Å². The lowest BCUT2D eigenvalue weighted by Crippen LogP contribution is -2.64. The topological polar surface area (TPSA) is 29.5 Å². The van der Waals surface area contributed by atoms with Crippen molar-refractivity contribution in [1.29, 1.82) is 0 Å². The summed E-state index contributed by atoms with van der Waals surface area (Å²) >= 11 is 8.44. The normalized spacial score (nSPS) is 21.3. The number of carbonyl (C=O) groups is 1. The van der Waals surface area contributed by atoms with Crippen molar-refractivity contribution in [3.8, 4) is 5.75 Å². The van der Waals surface area contributed by atoms with E-state index in [0.717, 1.165) is 22.6 Å². The van der Waals surface area contributed by atoms with E-state index >= 15 is 0 Å². The van der Waals surface area contributed by atoms with Crippen molar-refractivity contribution >= 4 is 35.0 Å². The Hall–Kier alpha value is -2.43. The van der Waals surface area contributed by atoms with Gasteiger partial charge in [0.25, 0.3) is 5.91 Å². The number of halogens is 1. The predicted molar refractivity (Wildman–Crippen MR) is 116 cm³/mol. The van der Waals surface area contributed by atoms with Crippen LogP contribution in [0.3, 0.4) is 0 Å². The maximum Gasteiger partial charge on any atom is 0.261 e. The van der Waals surface area contributed by atoms with Crippen molar-refractivity contribution in [2.45, 2.75) is 16.0 Å². The molecule has 0 spiro atoms. The van der Waals surface area contributed by atoms with E-state index in [-0.39, 0.29) is 11.9 Å². The van der Waals surface area contributed by atoms with Crippen molar-refractivity contribution in [3.05, 3.63) is 96.1 Å². The van der Waals surface area contributed by atoms with E-state index in [0.29, 0.717) is 5.75 Å². The predicted octanol–water partition coefficient (Wildman–Crippen LogP) is 5.65. The molecule has 1 fully saturated rings. The number of alkyl halides is 1. The van der Waals surface area contributed by atoms with E-state index in [1.54, 1.807) is 12.0 Å². The van der Waals surface area contributed by atoms with Gasteiger partial charge in [-0.15, -0.1) is 11.8 Å². The molecule has 0 saturated carbocycles. The van der Waals surface area contributed by atoms with E-state index in [1.807, 2.05) is 72.8 Å². The molecule has 1 saturated heterocycles. The van der Waals surface area contributed by atoms with Crippen LogP contribution in [0.4, 0.5) is 5.69 Å². The molecule has 0 aromatic heterocycles. The molecule has 4 rings (SSSR count). The summed E-state index contributed by atoms with van der Waals surface area (Å²) in [5.74, 6) is 1.34. The van der Waals surface area contributed by atoms with Gasteiger partial charge in [0, 0.05) is 11.4 Å². The lowest BCUT2D eigenvalue weighted by Gasteiger charge is -2.52. The van der Waals surface area contributed by atoms with Crippen LogP contribution in [0.15, 0.2) is 84.9 Å². The first kappa shape index (κ1) is 18.9. The minimum atomic E-state index is -1.03. The lowest BCUT2D eigenvalue weighted by molar-refractivity contribution is -0.125. The first-order chi connectivity index (χ1) is 13.6. The quantitative estimate of drug-likeness (QED) is 0.389. The van der Waals surface area contributed by atoms with Crippen molar-refractivity contribution in [1.82, 2.24) is 0 Å². The van der Waals surface area contributed by atoms with Gasteiger partial charge in [-0.05, 0) is 35.4 Å². The smallest absolute Gasteiger partial charge is 0.261 e. The second-order valence-corrected chi connectivity index (χ2v) is 8.65. The number of carbonyl (C=O) groups excluding carboxylic acids is 1. The molecule has 28 heavy (non-hydrogen) atoms. The fourth-order valence-electron chi connectivity index (χ4n) is 3.41. The zero-order chi connectivity index (χ0) is 19.6. The summed E-state index contributed by atoms with van der Waals surface area (Å²) in [6.07, 6.45) is 0. The first-order valence-corrected chi connectivity index (χ1v) is 10.4. The third kappa shape index (κ3) is 3.38. The zero-order valence-corrected chi connectivity index (χ0v) is 17.0. The molecular formula is C23H20ClNO2S. The number of β-lactam (4-membered cyclic amide) rings is 1. The number of hydrogen-bond donors (Lipinski definition) is 0. The standard InChI is InChI=1S/C23H20ClNO2S/c1-27-20-14-12-19(13-15-20)25-21(18-10-6-3-7-11-18)23(24,22(25)26)28-16-17-8-4-2-5-9-17/h2-15,21H,16H2,1H3/t21-,23+/m1/s1. The molecule has 0 N–H and O–H groups in total. The molecule has 0 radical (unpaired) electrons. The Balaban J connectivity index is 1.65. The van der Waals surface area contributed by atoms with E-state index in [9.17, 15) is 4.79 Å². The Kier molecular flexibility index (Phi) is 5.33. The average Bonchev–Trinajstić information content (AvgIpc) is 2.76. The highest BCUT2D eigenvalue weighted by Gasteiger charge is 2.61. The molecule has 1 heterocycles. The molecule has 3 aromatic rings. The fourth-order valence-corrected chi connectivity index (χ4v) is 5.08. The van der Waals surface area contributed by atoms with Gasteiger partial charge >= 0.3 is 0 Å². The molecule has 0 aliphatic carbocycles. The summed E-state index contributed by atoms with van der Waals surface area (Å²) in [5.41, 5.74) is 2.99. The summed E-state index contributed by atoms with van der Waals surface area (Å²) in [6.45, 7) is 0. The van der Waals surface area contributed by atoms with Gasteiger partial charge in [-0.3, -0.25) is 9.69 Å². The van der Waals surface area contributed by atoms with E-state index in [1.165, 1.54) is 11.8 Å². The summed E-state index contributed by atoms with van der Waals surface area (Å²) < 4.78 is 4.20. The largest absolute Gasteiger partial charge is 0.497 e. The number of thioether (sulfide) groups is 1. The number of anilines is 1. The first-order valence-electron chi connectivity index (χ1n) is 9.03. The highest BCUT2D eigenvalue weighted by atomic mass is 35.5. The van der Waals surface area contributed by atoms with Crippen LogP contribution in [-0.2, 0) is 10.5 Å². The molecular weight excluding hydrogens is 390 g/mol. The number of ether oxygens (including phenoxy) is 1. The van der Waals surface area contributed by atoms with Gasteiger partial charge < -0.3 is 4.74 Å². The van der Waals surface area contributed by atoms with Gasteiger partial charge in [-0.25, -0.2) is 0 Å². The maximum atomic E-state index is 13.2. The van der Waals surface area contributed by atoms with Crippen LogP contribution in [0, 0.1) is 0 Å². The number of nitrogens with zero attached hydrogens (tertiary/aromatic N) is 1. The molecule has 3 nitrogen and oxygen atoms in total. The number of methoxy groups -OCH3 is 1.